The van der Waals surface area contributed by atoms with E-state index < -0.39 is 5.60 Å². The van der Waals surface area contributed by atoms with Crippen molar-refractivity contribution in [2.75, 3.05) is 0 Å². The van der Waals surface area contributed by atoms with Gasteiger partial charge in [-0.25, -0.2) is 4.39 Å². The molecule has 0 saturated carbocycles. The molecule has 1 atom stereocenters. The number of hydrogen-bond acceptors (Lipinski definition) is 2. The average Bonchev–Trinajstić information content (AvgIpc) is 2.32. The van der Waals surface area contributed by atoms with Crippen molar-refractivity contribution in [1.29, 1.82) is 0 Å². The summed E-state index contributed by atoms with van der Waals surface area (Å²) in [5, 5.41) is 0.388. The summed E-state index contributed by atoms with van der Waals surface area (Å²) in [7, 11) is 0. The van der Waals surface area contributed by atoms with Crippen LogP contribution < -0.4 is 0 Å². The lowest BCUT2D eigenvalue weighted by atomic mass is 9.93. The molecule has 0 bridgehead atoms. The van der Waals surface area contributed by atoms with E-state index in [2.05, 4.69) is 0 Å². The van der Waals surface area contributed by atoms with Crippen molar-refractivity contribution >= 4 is 40.2 Å². The van der Waals surface area contributed by atoms with Crippen molar-refractivity contribution in [2.45, 2.75) is 52.1 Å². The molecule has 0 fully saturated rings. The summed E-state index contributed by atoms with van der Waals surface area (Å²) >= 11 is 7.76. The van der Waals surface area contributed by atoms with Crippen LogP contribution in [0.5, 0.6) is 0 Å². The van der Waals surface area contributed by atoms with Gasteiger partial charge in [0, 0.05) is 0 Å². The van der Waals surface area contributed by atoms with Crippen LogP contribution in [-0.4, -0.2) is 11.6 Å². The Kier molecular flexibility index (Phi) is 6.25. The monoisotopic (exact) mass is 412 g/mol. The Morgan fingerprint density at radius 2 is 2.05 bits per heavy atom. The maximum Gasteiger partial charge on any atom is 0.306 e. The summed E-state index contributed by atoms with van der Waals surface area (Å²) in [6.07, 6.45) is 0.830. The number of carbonyl (C=O) groups is 1. The first-order valence-corrected chi connectivity index (χ1v) is 7.96. The molecule has 1 aromatic carbocycles. The first-order valence-electron chi connectivity index (χ1n) is 6.51. The largest absolute Gasteiger partial charge is 0.460 e. The third-order valence-corrected chi connectivity index (χ3v) is 4.52. The molecule has 1 rings (SSSR count). The SMILES string of the molecule is CC[C@@H](CC(=O)OC(C)(C)C)c1ccc(Cl)c(I)c1F. The number of rotatable bonds is 4. The minimum Gasteiger partial charge on any atom is -0.460 e. The summed E-state index contributed by atoms with van der Waals surface area (Å²) in [4.78, 5) is 11.9. The number of ether oxygens (including phenoxy) is 1. The molecule has 0 aliphatic rings. The molecular formula is C15H19ClFIO2. The lowest BCUT2D eigenvalue weighted by molar-refractivity contribution is -0.155. The van der Waals surface area contributed by atoms with Crippen LogP contribution >= 0.6 is 34.2 Å². The summed E-state index contributed by atoms with van der Waals surface area (Å²) in [5.41, 5.74) is -0.00494. The quantitative estimate of drug-likeness (QED) is 0.381. The van der Waals surface area contributed by atoms with Crippen molar-refractivity contribution in [1.82, 2.24) is 0 Å². The highest BCUT2D eigenvalue weighted by molar-refractivity contribution is 14.1. The molecule has 0 N–H and O–H groups in total. The summed E-state index contributed by atoms with van der Waals surface area (Å²) in [5.74, 6) is -0.849. The van der Waals surface area contributed by atoms with E-state index in [-0.39, 0.29) is 24.1 Å². The van der Waals surface area contributed by atoms with Crippen LogP contribution in [0.15, 0.2) is 12.1 Å². The van der Waals surface area contributed by atoms with Gasteiger partial charge < -0.3 is 4.74 Å². The van der Waals surface area contributed by atoms with Crippen molar-refractivity contribution in [3.05, 3.63) is 32.1 Å². The molecule has 20 heavy (non-hydrogen) atoms. The highest BCUT2D eigenvalue weighted by Gasteiger charge is 2.23. The smallest absolute Gasteiger partial charge is 0.306 e. The number of hydrogen-bond donors (Lipinski definition) is 0. The van der Waals surface area contributed by atoms with E-state index >= 15 is 0 Å². The van der Waals surface area contributed by atoms with Gasteiger partial charge in [-0.2, -0.15) is 0 Å². The number of benzene rings is 1. The van der Waals surface area contributed by atoms with Crippen molar-refractivity contribution in [2.24, 2.45) is 0 Å². The zero-order valence-electron chi connectivity index (χ0n) is 12.1. The summed E-state index contributed by atoms with van der Waals surface area (Å²) in [6, 6.07) is 3.32. The topological polar surface area (TPSA) is 26.3 Å². The van der Waals surface area contributed by atoms with Gasteiger partial charge in [-0.05, 0) is 67.3 Å². The molecule has 0 aliphatic carbocycles. The molecule has 112 valence electrons. The predicted octanol–water partition coefficient (Wildman–Crippen LogP) is 5.31. The van der Waals surface area contributed by atoms with Gasteiger partial charge in [-0.1, -0.05) is 24.6 Å². The Balaban J connectivity index is 2.92. The predicted molar refractivity (Wildman–Crippen MR) is 87.6 cm³/mol. The Labute approximate surface area is 138 Å². The number of halogens is 3. The van der Waals surface area contributed by atoms with Gasteiger partial charge >= 0.3 is 5.97 Å². The zero-order valence-corrected chi connectivity index (χ0v) is 15.0. The molecule has 0 unspecified atom stereocenters. The fraction of sp³-hybridized carbons (Fsp3) is 0.533. The molecule has 5 heteroatoms. The van der Waals surface area contributed by atoms with Crippen LogP contribution in [0.3, 0.4) is 0 Å². The first-order chi connectivity index (χ1) is 9.15. The normalized spacial score (nSPS) is 13.2. The molecule has 0 spiro atoms. The number of carbonyl (C=O) groups excluding carboxylic acids is 1. The van der Waals surface area contributed by atoms with Crippen LogP contribution in [0.2, 0.25) is 5.02 Å². The lowest BCUT2D eigenvalue weighted by Gasteiger charge is -2.22. The third kappa shape index (κ3) is 4.88. The highest BCUT2D eigenvalue weighted by Crippen LogP contribution is 2.32. The lowest BCUT2D eigenvalue weighted by Crippen LogP contribution is -2.25. The van der Waals surface area contributed by atoms with E-state index in [0.717, 1.165) is 0 Å². The minimum atomic E-state index is -0.525. The first kappa shape index (κ1) is 17.7. The molecule has 0 aliphatic heterocycles. The molecule has 0 radical (unpaired) electrons. The molecular weight excluding hydrogens is 394 g/mol. The zero-order chi connectivity index (χ0) is 15.5. The summed E-state index contributed by atoms with van der Waals surface area (Å²) in [6.45, 7) is 7.38. The van der Waals surface area contributed by atoms with E-state index in [0.29, 0.717) is 20.6 Å². The molecule has 2 nitrogen and oxygen atoms in total. The van der Waals surface area contributed by atoms with Crippen LogP contribution in [0.4, 0.5) is 4.39 Å². The third-order valence-electron chi connectivity index (χ3n) is 2.83. The molecule has 0 saturated heterocycles. The molecule has 0 heterocycles. The average molecular weight is 413 g/mol. The number of esters is 1. The minimum absolute atomic E-state index is 0.169. The fourth-order valence-corrected chi connectivity index (χ4v) is 2.55. The van der Waals surface area contributed by atoms with Crippen LogP contribution in [0.1, 0.15) is 52.0 Å². The van der Waals surface area contributed by atoms with E-state index in [1.807, 2.05) is 50.3 Å². The van der Waals surface area contributed by atoms with E-state index in [1.165, 1.54) is 0 Å². The van der Waals surface area contributed by atoms with Crippen molar-refractivity contribution in [3.8, 4) is 0 Å². The maximum atomic E-state index is 14.2. The van der Waals surface area contributed by atoms with E-state index in [9.17, 15) is 9.18 Å². The fourth-order valence-electron chi connectivity index (χ4n) is 1.91. The Morgan fingerprint density at radius 1 is 1.45 bits per heavy atom. The van der Waals surface area contributed by atoms with Gasteiger partial charge in [0.2, 0.25) is 0 Å². The van der Waals surface area contributed by atoms with Gasteiger partial charge in [0.05, 0.1) is 15.0 Å². The highest BCUT2D eigenvalue weighted by atomic mass is 127. The standard InChI is InChI=1S/C15H19ClFIO2/c1-5-9(8-12(19)20-15(2,3)4)10-6-7-11(16)14(18)13(10)17/h6-7,9H,5,8H2,1-4H3/t9-/m0/s1. The van der Waals surface area contributed by atoms with Gasteiger partial charge in [0.25, 0.3) is 0 Å². The van der Waals surface area contributed by atoms with Crippen LogP contribution in [0.25, 0.3) is 0 Å². The second-order valence-electron chi connectivity index (χ2n) is 5.66. The van der Waals surface area contributed by atoms with Crippen molar-refractivity contribution < 1.29 is 13.9 Å². The molecule has 0 aromatic heterocycles. The second kappa shape index (κ2) is 7.07. The summed E-state index contributed by atoms with van der Waals surface area (Å²) < 4.78 is 19.9. The van der Waals surface area contributed by atoms with E-state index in [4.69, 9.17) is 16.3 Å². The Morgan fingerprint density at radius 3 is 2.55 bits per heavy atom. The van der Waals surface area contributed by atoms with Crippen molar-refractivity contribution in [3.63, 3.8) is 0 Å². The Bertz CT molecular complexity index is 497. The van der Waals surface area contributed by atoms with Gasteiger partial charge in [-0.3, -0.25) is 4.79 Å². The molecule has 0 amide bonds. The molecule has 1 aromatic rings. The van der Waals surface area contributed by atoms with Crippen LogP contribution in [-0.2, 0) is 9.53 Å². The van der Waals surface area contributed by atoms with Gasteiger partial charge in [-0.15, -0.1) is 0 Å². The second-order valence-corrected chi connectivity index (χ2v) is 7.15. The Hall–Kier alpha value is -0.360. The van der Waals surface area contributed by atoms with Gasteiger partial charge in [0.15, 0.2) is 0 Å². The van der Waals surface area contributed by atoms with E-state index in [1.54, 1.807) is 12.1 Å². The maximum absolute atomic E-state index is 14.2. The van der Waals surface area contributed by atoms with Gasteiger partial charge in [0.1, 0.15) is 11.4 Å². The van der Waals surface area contributed by atoms with Crippen LogP contribution in [0, 0.1) is 9.39 Å².